The summed E-state index contributed by atoms with van der Waals surface area (Å²) in [5, 5.41) is 16.3. The Hall–Kier alpha value is -0.610. The fraction of sp³-hybridized carbons (Fsp3) is 0.750. The minimum atomic E-state index is -0.994. The molecule has 0 aliphatic rings. The van der Waals surface area contributed by atoms with E-state index in [1.165, 1.54) is 0 Å². The highest BCUT2D eigenvalue weighted by Crippen LogP contribution is 1.88. The molecule has 0 bridgehead atoms. The molecule has 0 radical (unpaired) electrons. The Morgan fingerprint density at radius 2 is 2.25 bits per heavy atom. The second kappa shape index (κ2) is 3.40. The highest BCUT2D eigenvalue weighted by molar-refractivity contribution is 5.66. The van der Waals surface area contributed by atoms with Gasteiger partial charge in [-0.25, -0.2) is 0 Å². The quantitative estimate of drug-likeness (QED) is 0.421. The molecule has 4 nitrogen and oxygen atoms in total. The zero-order chi connectivity index (χ0) is 6.57. The standard InChI is InChI=1S/C4H9NO3/c5-3(6)1-2-4(7)8/h3,6H,1-2,5H2,(H,7,8)/t3-/m1/s1. The van der Waals surface area contributed by atoms with Crippen molar-refractivity contribution in [2.24, 2.45) is 5.73 Å². The van der Waals surface area contributed by atoms with Gasteiger partial charge in [-0.15, -0.1) is 0 Å². The van der Waals surface area contributed by atoms with Gasteiger partial charge in [0.15, 0.2) is 0 Å². The van der Waals surface area contributed by atoms with E-state index < -0.39 is 12.2 Å². The number of aliphatic hydroxyl groups excluding tert-OH is 1. The van der Waals surface area contributed by atoms with Crippen LogP contribution in [0.4, 0.5) is 0 Å². The number of hydrogen-bond acceptors (Lipinski definition) is 3. The lowest BCUT2D eigenvalue weighted by Crippen LogP contribution is -2.19. The van der Waals surface area contributed by atoms with E-state index in [1.807, 2.05) is 0 Å². The second-order valence-corrected chi connectivity index (χ2v) is 1.50. The SMILES string of the molecule is N[C@H](O)CCC(=O)O. The van der Waals surface area contributed by atoms with Crippen LogP contribution in [0.1, 0.15) is 12.8 Å². The maximum absolute atomic E-state index is 9.74. The third kappa shape index (κ3) is 5.39. The van der Waals surface area contributed by atoms with Crippen LogP contribution in [0.15, 0.2) is 0 Å². The first-order valence-electron chi connectivity index (χ1n) is 2.28. The van der Waals surface area contributed by atoms with E-state index in [1.54, 1.807) is 0 Å². The Balaban J connectivity index is 3.05. The zero-order valence-corrected chi connectivity index (χ0v) is 4.37. The molecule has 0 spiro atoms. The van der Waals surface area contributed by atoms with Gasteiger partial charge in [-0.2, -0.15) is 0 Å². The summed E-state index contributed by atoms with van der Waals surface area (Å²) in [6.45, 7) is 0. The van der Waals surface area contributed by atoms with Crippen LogP contribution in [0.5, 0.6) is 0 Å². The third-order valence-corrected chi connectivity index (χ3v) is 0.654. The van der Waals surface area contributed by atoms with Crippen molar-refractivity contribution in [1.82, 2.24) is 0 Å². The summed E-state index contributed by atoms with van der Waals surface area (Å²) >= 11 is 0. The molecule has 0 aliphatic heterocycles. The number of rotatable bonds is 3. The number of aliphatic carboxylic acids is 1. The fourth-order valence-electron chi connectivity index (χ4n) is 0.271. The molecule has 0 aromatic heterocycles. The van der Waals surface area contributed by atoms with Gasteiger partial charge in [0.05, 0.1) is 0 Å². The van der Waals surface area contributed by atoms with Crippen LogP contribution in [0.25, 0.3) is 0 Å². The minimum Gasteiger partial charge on any atom is -0.481 e. The van der Waals surface area contributed by atoms with Crippen molar-refractivity contribution in [3.63, 3.8) is 0 Å². The van der Waals surface area contributed by atoms with Crippen LogP contribution >= 0.6 is 0 Å². The molecular weight excluding hydrogens is 110 g/mol. The number of carbonyl (C=O) groups is 1. The molecule has 48 valence electrons. The molecule has 0 amide bonds. The van der Waals surface area contributed by atoms with Crippen molar-refractivity contribution in [2.75, 3.05) is 0 Å². The molecule has 1 atom stereocenters. The monoisotopic (exact) mass is 119 g/mol. The van der Waals surface area contributed by atoms with Crippen molar-refractivity contribution in [3.8, 4) is 0 Å². The minimum absolute atomic E-state index is 0.0718. The Morgan fingerprint density at radius 1 is 1.75 bits per heavy atom. The van der Waals surface area contributed by atoms with Crippen LogP contribution in [0.3, 0.4) is 0 Å². The van der Waals surface area contributed by atoms with Crippen LogP contribution in [0.2, 0.25) is 0 Å². The normalized spacial score (nSPS) is 13.2. The van der Waals surface area contributed by atoms with Crippen molar-refractivity contribution in [2.45, 2.75) is 19.1 Å². The van der Waals surface area contributed by atoms with Gasteiger partial charge in [-0.3, -0.25) is 4.79 Å². The van der Waals surface area contributed by atoms with Gasteiger partial charge in [0.1, 0.15) is 6.23 Å². The third-order valence-electron chi connectivity index (χ3n) is 0.654. The summed E-state index contributed by atoms with van der Waals surface area (Å²) in [4.78, 5) is 9.74. The van der Waals surface area contributed by atoms with Crippen LogP contribution in [-0.2, 0) is 4.79 Å². The van der Waals surface area contributed by atoms with Crippen molar-refractivity contribution >= 4 is 5.97 Å². The Morgan fingerprint density at radius 3 is 2.38 bits per heavy atom. The Labute approximate surface area is 46.9 Å². The number of hydrogen-bond donors (Lipinski definition) is 3. The summed E-state index contributed by atoms with van der Waals surface area (Å²) in [6.07, 6.45) is -0.946. The van der Waals surface area contributed by atoms with Gasteiger partial charge in [0.25, 0.3) is 0 Å². The maximum Gasteiger partial charge on any atom is 0.303 e. The summed E-state index contributed by atoms with van der Waals surface area (Å²) in [5.74, 6) is -0.936. The smallest absolute Gasteiger partial charge is 0.303 e. The molecule has 4 N–H and O–H groups in total. The van der Waals surface area contributed by atoms with E-state index in [0.717, 1.165) is 0 Å². The molecule has 0 saturated carbocycles. The van der Waals surface area contributed by atoms with E-state index in [-0.39, 0.29) is 12.8 Å². The van der Waals surface area contributed by atoms with E-state index in [2.05, 4.69) is 0 Å². The summed E-state index contributed by atoms with van der Waals surface area (Å²) in [7, 11) is 0. The van der Waals surface area contributed by atoms with Crippen LogP contribution in [0, 0.1) is 0 Å². The van der Waals surface area contributed by atoms with Crippen LogP contribution < -0.4 is 5.73 Å². The second-order valence-electron chi connectivity index (χ2n) is 1.50. The lowest BCUT2D eigenvalue weighted by molar-refractivity contribution is -0.137. The van der Waals surface area contributed by atoms with Gasteiger partial charge in [0, 0.05) is 6.42 Å². The first kappa shape index (κ1) is 7.39. The lowest BCUT2D eigenvalue weighted by Gasteiger charge is -1.97. The van der Waals surface area contributed by atoms with Gasteiger partial charge in [-0.05, 0) is 6.42 Å². The predicted octanol–water partition coefficient (Wildman–Crippen LogP) is -0.872. The Bertz CT molecular complexity index is 81.4. The summed E-state index contributed by atoms with van der Waals surface area (Å²) in [5.41, 5.74) is 4.83. The topological polar surface area (TPSA) is 83.5 Å². The lowest BCUT2D eigenvalue weighted by atomic mass is 10.3. The highest BCUT2D eigenvalue weighted by Gasteiger charge is 1.99. The summed E-state index contributed by atoms with van der Waals surface area (Å²) in [6, 6.07) is 0. The number of carboxylic acids is 1. The van der Waals surface area contributed by atoms with E-state index in [9.17, 15) is 4.79 Å². The number of carboxylic acid groups (broad SMARTS) is 1. The average Bonchev–Trinajstić information content (AvgIpc) is 1.61. The molecule has 0 heterocycles. The molecule has 4 heteroatoms. The van der Waals surface area contributed by atoms with Gasteiger partial charge in [0.2, 0.25) is 0 Å². The van der Waals surface area contributed by atoms with Crippen molar-refractivity contribution < 1.29 is 15.0 Å². The molecule has 0 aliphatic carbocycles. The first-order chi connectivity index (χ1) is 3.63. The number of aliphatic hydroxyl groups is 1. The summed E-state index contributed by atoms with van der Waals surface area (Å²) < 4.78 is 0. The molecule has 0 aromatic carbocycles. The van der Waals surface area contributed by atoms with E-state index in [4.69, 9.17) is 15.9 Å². The largest absolute Gasteiger partial charge is 0.481 e. The molecule has 0 fully saturated rings. The van der Waals surface area contributed by atoms with E-state index in [0.29, 0.717) is 0 Å². The van der Waals surface area contributed by atoms with Gasteiger partial charge in [-0.1, -0.05) is 0 Å². The molecule has 8 heavy (non-hydrogen) atoms. The maximum atomic E-state index is 9.74. The van der Waals surface area contributed by atoms with Crippen molar-refractivity contribution in [3.05, 3.63) is 0 Å². The fourth-order valence-corrected chi connectivity index (χ4v) is 0.271. The zero-order valence-electron chi connectivity index (χ0n) is 4.37. The number of nitrogens with two attached hydrogens (primary N) is 1. The predicted molar refractivity (Wildman–Crippen MR) is 27.1 cm³/mol. The Kier molecular flexibility index (Phi) is 3.14. The molecular formula is C4H9NO3. The van der Waals surface area contributed by atoms with E-state index >= 15 is 0 Å². The molecule has 0 saturated heterocycles. The molecule has 0 rings (SSSR count). The van der Waals surface area contributed by atoms with Gasteiger partial charge >= 0.3 is 5.97 Å². The molecule has 0 unspecified atom stereocenters. The molecule has 0 aromatic rings. The first-order valence-corrected chi connectivity index (χ1v) is 2.28. The van der Waals surface area contributed by atoms with Gasteiger partial charge < -0.3 is 15.9 Å². The van der Waals surface area contributed by atoms with Crippen molar-refractivity contribution in [1.29, 1.82) is 0 Å². The highest BCUT2D eigenvalue weighted by atomic mass is 16.4. The van der Waals surface area contributed by atoms with Crippen LogP contribution in [-0.4, -0.2) is 22.4 Å². The average molecular weight is 119 g/mol.